The van der Waals surface area contributed by atoms with Gasteiger partial charge in [0.15, 0.2) is 5.72 Å². The molecule has 1 saturated heterocycles. The lowest BCUT2D eigenvalue weighted by atomic mass is 9.80. The van der Waals surface area contributed by atoms with Gasteiger partial charge in [-0.15, -0.1) is 0 Å². The van der Waals surface area contributed by atoms with Crippen LogP contribution < -0.4 is 16.4 Å². The van der Waals surface area contributed by atoms with Gasteiger partial charge in [-0.1, -0.05) is 13.8 Å². The van der Waals surface area contributed by atoms with E-state index in [1.165, 1.54) is 12.0 Å². The summed E-state index contributed by atoms with van der Waals surface area (Å²) in [4.78, 5) is 11.4. The van der Waals surface area contributed by atoms with Crippen LogP contribution >= 0.6 is 24.7 Å². The molecule has 0 radical (unpaired) electrons. The van der Waals surface area contributed by atoms with Crippen molar-refractivity contribution in [1.29, 1.82) is 0 Å². The molecule has 0 aromatic carbocycles. The molecule has 0 aliphatic carbocycles. The predicted octanol–water partition coefficient (Wildman–Crippen LogP) is -0.295. The van der Waals surface area contributed by atoms with E-state index in [0.717, 1.165) is 0 Å². The number of carbonyl (C=O) groups is 1. The summed E-state index contributed by atoms with van der Waals surface area (Å²) < 4.78 is 10.7. The molecule has 22 heavy (non-hydrogen) atoms. The van der Waals surface area contributed by atoms with Gasteiger partial charge in [0.2, 0.25) is 5.91 Å². The molecule has 0 aromatic rings. The van der Waals surface area contributed by atoms with Crippen LogP contribution in [0.2, 0.25) is 0 Å². The number of nitrogens with one attached hydrogen (secondary N) is 2. The van der Waals surface area contributed by atoms with E-state index < -0.39 is 17.2 Å². The maximum atomic E-state index is 11.4. The monoisotopic (exact) mass is 353 g/mol. The van der Waals surface area contributed by atoms with Crippen molar-refractivity contribution < 1.29 is 18.8 Å². The van der Waals surface area contributed by atoms with Gasteiger partial charge in [0.25, 0.3) is 0 Å². The zero-order valence-corrected chi connectivity index (χ0v) is 15.0. The first-order chi connectivity index (χ1) is 10.3. The van der Waals surface area contributed by atoms with E-state index in [4.69, 9.17) is 14.7 Å². The fourth-order valence-corrected chi connectivity index (χ4v) is 2.45. The van der Waals surface area contributed by atoms with Gasteiger partial charge in [0.1, 0.15) is 12.3 Å². The molecule has 0 aromatic heterocycles. The standard InChI is InChI=1S/C13H27N3O4S2/c1-12(2,8-19-22-3)13(14,18)10-11(20-10)16-5-4-9(17)15-6-7-21/h10-11,16,18,21H,4-8,14H2,1-3H3,(H,15,17). The highest BCUT2D eigenvalue weighted by atomic mass is 32.2. The maximum Gasteiger partial charge on any atom is 0.221 e. The first-order valence-corrected chi connectivity index (χ1v) is 8.97. The Labute approximate surface area is 141 Å². The number of hydrogen-bond donors (Lipinski definition) is 5. The van der Waals surface area contributed by atoms with Crippen LogP contribution in [0.3, 0.4) is 0 Å². The normalized spacial score (nSPS) is 23.9. The van der Waals surface area contributed by atoms with Crippen molar-refractivity contribution >= 4 is 30.6 Å². The van der Waals surface area contributed by atoms with Crippen molar-refractivity contribution in [1.82, 2.24) is 10.6 Å². The Hall–Kier alpha value is -0.0300. The quantitative estimate of drug-likeness (QED) is 0.150. The maximum absolute atomic E-state index is 11.4. The van der Waals surface area contributed by atoms with Crippen LogP contribution in [0, 0.1) is 5.41 Å². The third-order valence-electron chi connectivity index (χ3n) is 3.68. The number of nitrogens with two attached hydrogens (primary N) is 1. The highest BCUT2D eigenvalue weighted by Gasteiger charge is 2.59. The second-order valence-electron chi connectivity index (χ2n) is 5.89. The van der Waals surface area contributed by atoms with Crippen LogP contribution in [0.5, 0.6) is 0 Å². The summed E-state index contributed by atoms with van der Waals surface area (Å²) in [6.45, 7) is 4.97. The summed E-state index contributed by atoms with van der Waals surface area (Å²) in [5.74, 6) is 0.566. The van der Waals surface area contributed by atoms with Crippen molar-refractivity contribution in [2.75, 3.05) is 31.7 Å². The Balaban J connectivity index is 2.33. The van der Waals surface area contributed by atoms with E-state index >= 15 is 0 Å². The van der Waals surface area contributed by atoms with E-state index in [0.29, 0.717) is 31.9 Å². The van der Waals surface area contributed by atoms with Gasteiger partial charge in [0, 0.05) is 36.9 Å². The van der Waals surface area contributed by atoms with E-state index in [1.54, 1.807) is 0 Å². The average Bonchev–Trinajstić information content (AvgIpc) is 3.23. The van der Waals surface area contributed by atoms with E-state index in [1.807, 2.05) is 20.1 Å². The fraction of sp³-hybridized carbons (Fsp3) is 0.923. The molecule has 1 aliphatic heterocycles. The second kappa shape index (κ2) is 8.72. The summed E-state index contributed by atoms with van der Waals surface area (Å²) >= 11 is 5.25. The van der Waals surface area contributed by atoms with Gasteiger partial charge in [-0.2, -0.15) is 12.6 Å². The molecule has 0 saturated carbocycles. The highest BCUT2D eigenvalue weighted by Crippen LogP contribution is 2.40. The molecule has 3 unspecified atom stereocenters. The molecule has 7 nitrogen and oxygen atoms in total. The van der Waals surface area contributed by atoms with E-state index in [9.17, 15) is 9.90 Å². The molecule has 1 heterocycles. The molecule has 9 heteroatoms. The topological polar surface area (TPSA) is 109 Å². The fourth-order valence-electron chi connectivity index (χ4n) is 1.92. The van der Waals surface area contributed by atoms with Gasteiger partial charge in [-0.3, -0.25) is 10.1 Å². The van der Waals surface area contributed by atoms with Crippen LogP contribution in [0.4, 0.5) is 0 Å². The molecule has 3 atom stereocenters. The molecule has 1 fully saturated rings. The second-order valence-corrected chi connectivity index (χ2v) is 6.91. The zero-order valence-electron chi connectivity index (χ0n) is 13.3. The summed E-state index contributed by atoms with van der Waals surface area (Å²) in [5, 5.41) is 16.3. The summed E-state index contributed by atoms with van der Waals surface area (Å²) in [7, 11) is 0. The lowest BCUT2D eigenvalue weighted by molar-refractivity contribution is -0.120. The van der Waals surface area contributed by atoms with E-state index in [2.05, 4.69) is 23.3 Å². The summed E-state index contributed by atoms with van der Waals surface area (Å²) in [6, 6.07) is 0. The molecule has 5 N–H and O–H groups in total. The average molecular weight is 354 g/mol. The lowest BCUT2D eigenvalue weighted by Gasteiger charge is -2.38. The number of thiol groups is 1. The Morgan fingerprint density at radius 2 is 2.18 bits per heavy atom. The number of rotatable bonds is 11. The number of aliphatic hydroxyl groups is 1. The van der Waals surface area contributed by atoms with Crippen molar-refractivity contribution in [3.8, 4) is 0 Å². The number of ether oxygens (including phenoxy) is 1. The minimum absolute atomic E-state index is 0.0459. The van der Waals surface area contributed by atoms with Crippen LogP contribution in [-0.2, 0) is 13.7 Å². The largest absolute Gasteiger partial charge is 0.372 e. The molecule has 1 aliphatic rings. The van der Waals surface area contributed by atoms with Crippen LogP contribution in [0.1, 0.15) is 20.3 Å². The molecule has 1 rings (SSSR count). The van der Waals surface area contributed by atoms with Crippen LogP contribution in [-0.4, -0.2) is 60.8 Å². The Kier molecular flexibility index (Phi) is 7.93. The lowest BCUT2D eigenvalue weighted by Crippen LogP contribution is -2.60. The van der Waals surface area contributed by atoms with Crippen LogP contribution in [0.25, 0.3) is 0 Å². The van der Waals surface area contributed by atoms with Crippen LogP contribution in [0.15, 0.2) is 0 Å². The van der Waals surface area contributed by atoms with Gasteiger partial charge in [0.05, 0.1) is 6.61 Å². The molecular formula is C13H27N3O4S2. The highest BCUT2D eigenvalue weighted by molar-refractivity contribution is 7.93. The first kappa shape index (κ1) is 20.0. The molecule has 130 valence electrons. The van der Waals surface area contributed by atoms with E-state index in [-0.39, 0.29) is 12.1 Å². The van der Waals surface area contributed by atoms with Crippen molar-refractivity contribution in [2.45, 2.75) is 38.3 Å². The third-order valence-corrected chi connectivity index (χ3v) is 4.26. The van der Waals surface area contributed by atoms with Crippen molar-refractivity contribution in [2.24, 2.45) is 11.1 Å². The molecule has 1 amide bonds. The SMILES string of the molecule is CSOCC(C)(C)C(N)(O)C1OC1NCCC(=O)NCCS. The summed E-state index contributed by atoms with van der Waals surface area (Å²) in [5.41, 5.74) is 3.86. The minimum atomic E-state index is -1.52. The number of carbonyl (C=O) groups excluding carboxylic acids is 1. The number of amides is 1. The molecule has 0 spiro atoms. The number of hydrogen-bond acceptors (Lipinski definition) is 8. The van der Waals surface area contributed by atoms with Gasteiger partial charge < -0.3 is 25.1 Å². The molecule has 0 bridgehead atoms. The third kappa shape index (κ3) is 5.55. The molecular weight excluding hydrogens is 326 g/mol. The Morgan fingerprint density at radius 3 is 2.77 bits per heavy atom. The van der Waals surface area contributed by atoms with Gasteiger partial charge >= 0.3 is 0 Å². The Bertz CT molecular complexity index is 369. The van der Waals surface area contributed by atoms with Crippen molar-refractivity contribution in [3.05, 3.63) is 0 Å². The van der Waals surface area contributed by atoms with Gasteiger partial charge in [-0.05, 0) is 12.0 Å². The Morgan fingerprint density at radius 1 is 1.50 bits per heavy atom. The minimum Gasteiger partial charge on any atom is -0.372 e. The number of epoxide rings is 1. The van der Waals surface area contributed by atoms with Crippen molar-refractivity contribution in [3.63, 3.8) is 0 Å². The summed E-state index contributed by atoms with van der Waals surface area (Å²) in [6.07, 6.45) is 1.28. The predicted molar refractivity (Wildman–Crippen MR) is 90.5 cm³/mol. The smallest absolute Gasteiger partial charge is 0.221 e. The first-order valence-electron chi connectivity index (χ1n) is 7.19. The van der Waals surface area contributed by atoms with Gasteiger partial charge in [-0.25, -0.2) is 0 Å². The zero-order chi connectivity index (χ0) is 16.8.